The van der Waals surface area contributed by atoms with Crippen molar-refractivity contribution in [2.45, 2.75) is 44.2 Å². The number of amides is 2. The van der Waals surface area contributed by atoms with Crippen molar-refractivity contribution >= 4 is 23.4 Å². The number of hydrogen-bond acceptors (Lipinski definition) is 5. The summed E-state index contributed by atoms with van der Waals surface area (Å²) in [5, 5.41) is 12.8. The standard InChI is InChI=1S/C25H28ClN3O4/c1-32-22-12-11-17(14-23(22)33-2)6-3-10-24(30)29-13-5-9-21(29)25(31)28-20(16-27)18-7-4-8-19(26)15-18/h4,7-8,11-12,14-15,20-21H,3,5-6,9-10,13H2,1-2H3,(H,28,31)/t20?,21-/m0/s1. The fourth-order valence-corrected chi connectivity index (χ4v) is 4.27. The Labute approximate surface area is 199 Å². The van der Waals surface area contributed by atoms with Crippen molar-refractivity contribution < 1.29 is 19.1 Å². The number of ether oxygens (including phenoxy) is 2. The van der Waals surface area contributed by atoms with E-state index in [0.717, 1.165) is 12.0 Å². The van der Waals surface area contributed by atoms with Crippen LogP contribution in [0.5, 0.6) is 11.5 Å². The van der Waals surface area contributed by atoms with E-state index in [4.69, 9.17) is 21.1 Å². The Morgan fingerprint density at radius 1 is 1.21 bits per heavy atom. The number of hydrogen-bond donors (Lipinski definition) is 1. The van der Waals surface area contributed by atoms with Crippen LogP contribution in [-0.4, -0.2) is 43.5 Å². The average Bonchev–Trinajstić information content (AvgIpc) is 3.32. The average molecular weight is 470 g/mol. The van der Waals surface area contributed by atoms with Crippen LogP contribution in [0.3, 0.4) is 0 Å². The summed E-state index contributed by atoms with van der Waals surface area (Å²) in [6, 6.07) is 13.3. The minimum atomic E-state index is -0.821. The Kier molecular flexibility index (Phi) is 8.56. The second-order valence-electron chi connectivity index (χ2n) is 7.91. The lowest BCUT2D eigenvalue weighted by Crippen LogP contribution is -2.46. The molecular weight excluding hydrogens is 442 g/mol. The first kappa shape index (κ1) is 24.4. The van der Waals surface area contributed by atoms with Crippen LogP contribution in [0.1, 0.15) is 42.9 Å². The first-order valence-corrected chi connectivity index (χ1v) is 11.3. The van der Waals surface area contributed by atoms with Crippen molar-refractivity contribution in [1.82, 2.24) is 10.2 Å². The van der Waals surface area contributed by atoms with Crippen LogP contribution in [0.4, 0.5) is 0 Å². The molecule has 0 aromatic heterocycles. The molecule has 0 bridgehead atoms. The number of carbonyl (C=O) groups is 2. The summed E-state index contributed by atoms with van der Waals surface area (Å²) in [4.78, 5) is 27.4. The smallest absolute Gasteiger partial charge is 0.244 e. The van der Waals surface area contributed by atoms with E-state index in [1.54, 1.807) is 43.4 Å². The lowest BCUT2D eigenvalue weighted by molar-refractivity contribution is -0.138. The van der Waals surface area contributed by atoms with Gasteiger partial charge in [0, 0.05) is 18.0 Å². The quantitative estimate of drug-likeness (QED) is 0.598. The summed E-state index contributed by atoms with van der Waals surface area (Å²) in [7, 11) is 3.18. The number of benzene rings is 2. The van der Waals surface area contributed by atoms with Crippen LogP contribution < -0.4 is 14.8 Å². The molecule has 1 heterocycles. The van der Waals surface area contributed by atoms with E-state index in [0.29, 0.717) is 54.3 Å². The summed E-state index contributed by atoms with van der Waals surface area (Å²) in [6.45, 7) is 0.543. The van der Waals surface area contributed by atoms with E-state index in [1.165, 1.54) is 0 Å². The van der Waals surface area contributed by atoms with Gasteiger partial charge in [0.15, 0.2) is 11.5 Å². The van der Waals surface area contributed by atoms with Crippen molar-refractivity contribution in [2.24, 2.45) is 0 Å². The molecule has 2 atom stereocenters. The molecule has 0 spiro atoms. The number of methoxy groups -OCH3 is 2. The van der Waals surface area contributed by atoms with Crippen molar-refractivity contribution in [1.29, 1.82) is 5.26 Å². The zero-order valence-corrected chi connectivity index (χ0v) is 19.6. The fraction of sp³-hybridized carbons (Fsp3) is 0.400. The maximum Gasteiger partial charge on any atom is 0.244 e. The Morgan fingerprint density at radius 3 is 2.70 bits per heavy atom. The van der Waals surface area contributed by atoms with Crippen LogP contribution in [-0.2, 0) is 16.0 Å². The molecule has 2 aromatic rings. The molecule has 1 unspecified atom stereocenters. The van der Waals surface area contributed by atoms with Gasteiger partial charge in [0.05, 0.1) is 20.3 Å². The van der Waals surface area contributed by atoms with Gasteiger partial charge in [-0.05, 0) is 61.1 Å². The summed E-state index contributed by atoms with van der Waals surface area (Å²) in [5.74, 6) is 0.956. The van der Waals surface area contributed by atoms with Crippen molar-refractivity contribution in [2.75, 3.05) is 20.8 Å². The Morgan fingerprint density at radius 2 is 2.00 bits per heavy atom. The van der Waals surface area contributed by atoms with E-state index in [-0.39, 0.29) is 11.8 Å². The highest BCUT2D eigenvalue weighted by molar-refractivity contribution is 6.30. The largest absolute Gasteiger partial charge is 0.493 e. The second kappa shape index (κ2) is 11.6. The highest BCUT2D eigenvalue weighted by Crippen LogP contribution is 2.28. The van der Waals surface area contributed by atoms with Gasteiger partial charge in [-0.1, -0.05) is 29.8 Å². The van der Waals surface area contributed by atoms with Gasteiger partial charge in [-0.3, -0.25) is 9.59 Å². The van der Waals surface area contributed by atoms with Gasteiger partial charge < -0.3 is 19.7 Å². The Balaban J connectivity index is 1.56. The molecule has 0 aliphatic carbocycles. The zero-order valence-electron chi connectivity index (χ0n) is 18.8. The summed E-state index contributed by atoms with van der Waals surface area (Å²) >= 11 is 6.01. The first-order valence-electron chi connectivity index (χ1n) is 10.9. The molecule has 174 valence electrons. The SMILES string of the molecule is COc1ccc(CCCC(=O)N2CCC[C@H]2C(=O)NC(C#N)c2cccc(Cl)c2)cc1OC. The monoisotopic (exact) mass is 469 g/mol. The number of nitriles is 1. The van der Waals surface area contributed by atoms with Crippen molar-refractivity contribution in [3.05, 3.63) is 58.6 Å². The second-order valence-corrected chi connectivity index (χ2v) is 8.35. The Hall–Kier alpha value is -3.24. The molecule has 0 saturated carbocycles. The predicted octanol–water partition coefficient (Wildman–Crippen LogP) is 4.05. The summed E-state index contributed by atoms with van der Waals surface area (Å²) in [5.41, 5.74) is 1.67. The van der Waals surface area contributed by atoms with Crippen LogP contribution in [0.15, 0.2) is 42.5 Å². The maximum absolute atomic E-state index is 12.9. The molecule has 0 radical (unpaired) electrons. The third-order valence-corrected chi connectivity index (χ3v) is 6.01. The molecule has 8 heteroatoms. The van der Waals surface area contributed by atoms with E-state index in [1.807, 2.05) is 18.2 Å². The number of nitrogens with one attached hydrogen (secondary N) is 1. The molecular formula is C25H28ClN3O4. The lowest BCUT2D eigenvalue weighted by Gasteiger charge is -2.25. The summed E-state index contributed by atoms with van der Waals surface area (Å²) < 4.78 is 10.6. The van der Waals surface area contributed by atoms with E-state index < -0.39 is 12.1 Å². The molecule has 1 saturated heterocycles. The molecule has 1 aliphatic heterocycles. The maximum atomic E-state index is 12.9. The highest BCUT2D eigenvalue weighted by atomic mass is 35.5. The van der Waals surface area contributed by atoms with Gasteiger partial charge in [0.25, 0.3) is 0 Å². The number of nitrogens with zero attached hydrogens (tertiary/aromatic N) is 2. The molecule has 1 aliphatic rings. The van der Waals surface area contributed by atoms with Crippen LogP contribution in [0.25, 0.3) is 0 Å². The number of halogens is 1. The zero-order chi connectivity index (χ0) is 23.8. The lowest BCUT2D eigenvalue weighted by atomic mass is 10.1. The van der Waals surface area contributed by atoms with Crippen LogP contribution in [0.2, 0.25) is 5.02 Å². The van der Waals surface area contributed by atoms with Gasteiger partial charge in [0.1, 0.15) is 12.1 Å². The van der Waals surface area contributed by atoms with Gasteiger partial charge in [0.2, 0.25) is 11.8 Å². The van der Waals surface area contributed by atoms with E-state index in [9.17, 15) is 14.9 Å². The highest BCUT2D eigenvalue weighted by Gasteiger charge is 2.34. The Bertz CT molecular complexity index is 1040. The molecule has 3 rings (SSSR count). The topological polar surface area (TPSA) is 91.7 Å². The third kappa shape index (κ3) is 6.17. The van der Waals surface area contributed by atoms with Gasteiger partial charge >= 0.3 is 0 Å². The first-order chi connectivity index (χ1) is 16.0. The van der Waals surface area contributed by atoms with Crippen LogP contribution >= 0.6 is 11.6 Å². The fourth-order valence-electron chi connectivity index (χ4n) is 4.08. The summed E-state index contributed by atoms with van der Waals surface area (Å²) in [6.07, 6.45) is 3.05. The molecule has 7 nitrogen and oxygen atoms in total. The predicted molar refractivity (Wildman–Crippen MR) is 125 cm³/mol. The molecule has 33 heavy (non-hydrogen) atoms. The minimum absolute atomic E-state index is 0.0515. The normalized spacial score (nSPS) is 16.1. The van der Waals surface area contributed by atoms with Crippen molar-refractivity contribution in [3.8, 4) is 17.6 Å². The number of likely N-dealkylation sites (tertiary alicyclic amines) is 1. The molecule has 1 fully saturated rings. The molecule has 2 aromatic carbocycles. The van der Waals surface area contributed by atoms with E-state index >= 15 is 0 Å². The van der Waals surface area contributed by atoms with Crippen molar-refractivity contribution in [3.63, 3.8) is 0 Å². The number of rotatable bonds is 9. The van der Waals surface area contributed by atoms with Crippen LogP contribution in [0, 0.1) is 11.3 Å². The van der Waals surface area contributed by atoms with E-state index in [2.05, 4.69) is 11.4 Å². The minimum Gasteiger partial charge on any atom is -0.493 e. The third-order valence-electron chi connectivity index (χ3n) is 5.78. The molecule has 2 amide bonds. The molecule has 1 N–H and O–H groups in total. The number of carbonyl (C=O) groups excluding carboxylic acids is 2. The van der Waals surface area contributed by atoms with Gasteiger partial charge in [-0.25, -0.2) is 0 Å². The van der Waals surface area contributed by atoms with Gasteiger partial charge in [-0.15, -0.1) is 0 Å². The number of aryl methyl sites for hydroxylation is 1. The van der Waals surface area contributed by atoms with Gasteiger partial charge in [-0.2, -0.15) is 5.26 Å².